The van der Waals surface area contributed by atoms with Crippen LogP contribution < -0.4 is 0 Å². The number of aromatic amines is 1. The molecule has 1 saturated heterocycles. The predicted octanol–water partition coefficient (Wildman–Crippen LogP) is 5.16. The smallest absolute Gasteiger partial charge is 0.192 e. The lowest BCUT2D eigenvalue weighted by Crippen LogP contribution is -2.30. The Morgan fingerprint density at radius 1 is 1.00 bits per heavy atom. The van der Waals surface area contributed by atoms with Crippen molar-refractivity contribution < 1.29 is 4.79 Å². The third-order valence-electron chi connectivity index (χ3n) is 6.30. The van der Waals surface area contributed by atoms with Crippen molar-refractivity contribution in [3.05, 3.63) is 77.7 Å². The number of nitrogens with zero attached hydrogens (tertiary/aromatic N) is 4. The summed E-state index contributed by atoms with van der Waals surface area (Å²) in [6, 6.07) is 18.3. The van der Waals surface area contributed by atoms with Crippen molar-refractivity contribution in [1.29, 1.82) is 0 Å². The summed E-state index contributed by atoms with van der Waals surface area (Å²) in [6.45, 7) is 5.67. The molecule has 1 fully saturated rings. The van der Waals surface area contributed by atoms with Crippen LogP contribution in [-0.4, -0.2) is 48.8 Å². The highest BCUT2D eigenvalue weighted by Crippen LogP contribution is 2.29. The van der Waals surface area contributed by atoms with E-state index in [-0.39, 0.29) is 11.0 Å². The molecule has 7 heteroatoms. The molecule has 1 unspecified atom stereocenters. The average molecular weight is 460 g/mol. The number of thioether (sulfide) groups is 1. The van der Waals surface area contributed by atoms with Crippen LogP contribution >= 0.6 is 11.8 Å². The number of ketones is 1. The van der Waals surface area contributed by atoms with Crippen molar-refractivity contribution in [1.82, 2.24) is 24.6 Å². The number of H-pyrrole nitrogens is 1. The highest BCUT2D eigenvalue weighted by Gasteiger charge is 2.24. The maximum Gasteiger partial charge on any atom is 0.192 e. The molecule has 0 amide bonds. The minimum Gasteiger partial charge on any atom is -0.360 e. The Hall–Kier alpha value is -2.90. The number of Topliss-reactive ketones (excluding diaryl/α,β-unsaturated/α-hetero) is 1. The summed E-state index contributed by atoms with van der Waals surface area (Å²) in [5.41, 5.74) is 2.91. The molecule has 2 aromatic heterocycles. The molecule has 5 rings (SSSR count). The number of rotatable bonds is 8. The zero-order valence-corrected chi connectivity index (χ0v) is 19.7. The fourth-order valence-corrected chi connectivity index (χ4v) is 5.41. The predicted molar refractivity (Wildman–Crippen MR) is 133 cm³/mol. The molecule has 0 saturated carbocycles. The fraction of sp³-hybridized carbons (Fsp3) is 0.346. The van der Waals surface area contributed by atoms with E-state index in [1.165, 1.54) is 36.6 Å². The van der Waals surface area contributed by atoms with Gasteiger partial charge in [-0.25, -0.2) is 0 Å². The summed E-state index contributed by atoms with van der Waals surface area (Å²) >= 11 is 1.49. The van der Waals surface area contributed by atoms with E-state index in [1.807, 2.05) is 43.5 Å². The van der Waals surface area contributed by atoms with E-state index in [2.05, 4.69) is 48.9 Å². The van der Waals surface area contributed by atoms with Crippen molar-refractivity contribution in [3.63, 3.8) is 0 Å². The molecule has 6 nitrogen and oxygen atoms in total. The van der Waals surface area contributed by atoms with E-state index >= 15 is 0 Å². The Labute approximate surface area is 198 Å². The van der Waals surface area contributed by atoms with Crippen LogP contribution in [0.3, 0.4) is 0 Å². The van der Waals surface area contributed by atoms with Crippen LogP contribution in [0, 0.1) is 0 Å². The van der Waals surface area contributed by atoms with Gasteiger partial charge in [0, 0.05) is 22.7 Å². The summed E-state index contributed by atoms with van der Waals surface area (Å²) in [7, 11) is 0. The number of piperidine rings is 1. The van der Waals surface area contributed by atoms with Gasteiger partial charge in [-0.2, -0.15) is 0 Å². The third kappa shape index (κ3) is 4.89. The van der Waals surface area contributed by atoms with Crippen molar-refractivity contribution in [2.24, 2.45) is 0 Å². The van der Waals surface area contributed by atoms with Gasteiger partial charge in [-0.15, -0.1) is 10.2 Å². The Balaban J connectivity index is 1.39. The van der Waals surface area contributed by atoms with Crippen LogP contribution in [0.15, 0.2) is 66.0 Å². The van der Waals surface area contributed by atoms with Gasteiger partial charge in [0.2, 0.25) is 0 Å². The Bertz CT molecular complexity index is 1230. The first-order chi connectivity index (χ1) is 16.2. The van der Waals surface area contributed by atoms with Crippen LogP contribution in [0.4, 0.5) is 0 Å². The number of para-hydroxylation sites is 1. The molecule has 2 aromatic carbocycles. The zero-order chi connectivity index (χ0) is 22.6. The number of hydrogen-bond acceptors (Lipinski definition) is 5. The lowest BCUT2D eigenvalue weighted by molar-refractivity contribution is 0.0995. The summed E-state index contributed by atoms with van der Waals surface area (Å²) in [5, 5.41) is 10.6. The maximum absolute atomic E-state index is 13.3. The number of likely N-dealkylation sites (tertiary alicyclic amines) is 1. The van der Waals surface area contributed by atoms with Crippen LogP contribution in [0.1, 0.15) is 47.9 Å². The molecular formula is C26H29N5OS. The number of hydrogen-bond donors (Lipinski definition) is 1. The van der Waals surface area contributed by atoms with Crippen molar-refractivity contribution >= 4 is 28.4 Å². The molecule has 4 aromatic rings. The molecular weight excluding hydrogens is 430 g/mol. The van der Waals surface area contributed by atoms with Gasteiger partial charge in [-0.05, 0) is 44.5 Å². The fourth-order valence-electron chi connectivity index (χ4n) is 4.47. The molecule has 1 atom stereocenters. The van der Waals surface area contributed by atoms with Crippen LogP contribution in [-0.2, 0) is 13.1 Å². The largest absolute Gasteiger partial charge is 0.360 e. The molecule has 1 N–H and O–H groups in total. The van der Waals surface area contributed by atoms with Gasteiger partial charge in [0.1, 0.15) is 5.82 Å². The maximum atomic E-state index is 13.3. The van der Waals surface area contributed by atoms with Gasteiger partial charge in [-0.3, -0.25) is 9.69 Å². The van der Waals surface area contributed by atoms with E-state index in [4.69, 9.17) is 0 Å². The Morgan fingerprint density at radius 3 is 2.58 bits per heavy atom. The first-order valence-electron chi connectivity index (χ1n) is 11.6. The summed E-state index contributed by atoms with van der Waals surface area (Å²) < 4.78 is 2.19. The molecule has 0 aliphatic carbocycles. The highest BCUT2D eigenvalue weighted by atomic mass is 32.2. The van der Waals surface area contributed by atoms with Gasteiger partial charge < -0.3 is 9.55 Å². The standard InChI is InChI=1S/C26H29N5OS/c1-19(25(32)22-16-27-23-13-7-6-12-21(22)23)33-26-29-28-24(18-30-14-8-3-9-15-30)31(26)17-20-10-4-2-5-11-20/h2,4-7,10-13,16,19,27H,3,8-9,14-15,17-18H2,1H3. The van der Waals surface area contributed by atoms with E-state index in [0.29, 0.717) is 6.54 Å². The summed E-state index contributed by atoms with van der Waals surface area (Å²) in [4.78, 5) is 19.0. The van der Waals surface area contributed by atoms with Crippen LogP contribution in [0.2, 0.25) is 0 Å². The van der Waals surface area contributed by atoms with E-state index in [9.17, 15) is 4.79 Å². The second-order valence-corrected chi connectivity index (χ2v) is 9.99. The molecule has 0 spiro atoms. The number of nitrogens with one attached hydrogen (secondary N) is 1. The minimum absolute atomic E-state index is 0.101. The molecule has 33 heavy (non-hydrogen) atoms. The summed E-state index contributed by atoms with van der Waals surface area (Å²) in [6.07, 6.45) is 5.61. The molecule has 1 aliphatic heterocycles. The van der Waals surface area contributed by atoms with Gasteiger partial charge in [0.05, 0.1) is 18.3 Å². The molecule has 3 heterocycles. The van der Waals surface area contributed by atoms with Crippen molar-refractivity contribution in [2.45, 2.75) is 49.7 Å². The normalized spacial score (nSPS) is 15.7. The Kier molecular flexibility index (Phi) is 6.60. The van der Waals surface area contributed by atoms with Gasteiger partial charge in [0.15, 0.2) is 10.9 Å². The lowest BCUT2D eigenvalue weighted by Gasteiger charge is -2.26. The van der Waals surface area contributed by atoms with Crippen molar-refractivity contribution in [2.75, 3.05) is 13.1 Å². The van der Waals surface area contributed by atoms with E-state index in [0.717, 1.165) is 47.1 Å². The molecule has 170 valence electrons. The third-order valence-corrected chi connectivity index (χ3v) is 7.38. The van der Waals surface area contributed by atoms with E-state index in [1.54, 1.807) is 0 Å². The average Bonchev–Trinajstić information content (AvgIpc) is 3.44. The van der Waals surface area contributed by atoms with Crippen LogP contribution in [0.25, 0.3) is 10.9 Å². The van der Waals surface area contributed by atoms with Gasteiger partial charge in [0.25, 0.3) is 0 Å². The lowest BCUT2D eigenvalue weighted by atomic mass is 10.1. The highest BCUT2D eigenvalue weighted by molar-refractivity contribution is 8.00. The number of aromatic nitrogens is 4. The second kappa shape index (κ2) is 9.93. The first-order valence-corrected chi connectivity index (χ1v) is 12.5. The quantitative estimate of drug-likeness (QED) is 0.291. The number of fused-ring (bicyclic) bond motifs is 1. The monoisotopic (exact) mass is 459 g/mol. The number of benzene rings is 2. The number of carbonyl (C=O) groups excluding carboxylic acids is 1. The van der Waals surface area contributed by atoms with Gasteiger partial charge >= 0.3 is 0 Å². The zero-order valence-electron chi connectivity index (χ0n) is 18.9. The SMILES string of the molecule is CC(Sc1nnc(CN2CCCCC2)n1Cc1ccccc1)C(=O)c1c[nH]c2ccccc12. The number of carbonyl (C=O) groups is 1. The minimum atomic E-state index is -0.272. The molecule has 0 bridgehead atoms. The van der Waals surface area contributed by atoms with E-state index < -0.39 is 0 Å². The van der Waals surface area contributed by atoms with Gasteiger partial charge in [-0.1, -0.05) is 66.7 Å². The van der Waals surface area contributed by atoms with Crippen molar-refractivity contribution in [3.8, 4) is 0 Å². The Morgan fingerprint density at radius 2 is 1.76 bits per heavy atom. The molecule has 0 radical (unpaired) electrons. The molecule has 1 aliphatic rings. The van der Waals surface area contributed by atoms with Crippen LogP contribution in [0.5, 0.6) is 0 Å². The second-order valence-electron chi connectivity index (χ2n) is 8.68. The summed E-state index contributed by atoms with van der Waals surface area (Å²) in [5.74, 6) is 1.07. The topological polar surface area (TPSA) is 66.8 Å². The first kappa shape index (κ1) is 21.9.